The van der Waals surface area contributed by atoms with Crippen molar-refractivity contribution < 1.29 is 13.2 Å². The molecule has 0 bridgehead atoms. The Hall–Kier alpha value is -0.740. The second kappa shape index (κ2) is 5.49. The van der Waals surface area contributed by atoms with E-state index >= 15 is 0 Å². The maximum atomic E-state index is 10.9. The zero-order valence-corrected chi connectivity index (χ0v) is 11.9. The third-order valence-electron chi connectivity index (χ3n) is 3.09. The molecule has 0 heterocycles. The lowest BCUT2D eigenvalue weighted by Crippen LogP contribution is -2.16. The van der Waals surface area contributed by atoms with Crippen molar-refractivity contribution >= 4 is 19.7 Å². The predicted molar refractivity (Wildman–Crippen MR) is 72.8 cm³/mol. The van der Waals surface area contributed by atoms with Crippen LogP contribution in [-0.4, -0.2) is 20.8 Å². The van der Waals surface area contributed by atoms with E-state index in [0.717, 1.165) is 18.6 Å². The first-order valence-electron chi connectivity index (χ1n) is 6.11. The van der Waals surface area contributed by atoms with Crippen molar-refractivity contribution in [3.8, 4) is 5.75 Å². The van der Waals surface area contributed by atoms with Crippen LogP contribution in [0.5, 0.6) is 5.75 Å². The summed E-state index contributed by atoms with van der Waals surface area (Å²) >= 11 is 0. The van der Waals surface area contributed by atoms with Gasteiger partial charge in [0.15, 0.2) is 0 Å². The maximum Gasteiger partial charge on any atom is 0.232 e. The van der Waals surface area contributed by atoms with Gasteiger partial charge >= 0.3 is 0 Å². The summed E-state index contributed by atoms with van der Waals surface area (Å²) in [5.74, 6) is 0.648. The van der Waals surface area contributed by atoms with E-state index in [1.807, 2.05) is 13.0 Å². The van der Waals surface area contributed by atoms with Crippen LogP contribution in [0, 0.1) is 5.92 Å². The zero-order chi connectivity index (χ0) is 13.2. The molecule has 100 valence electrons. The van der Waals surface area contributed by atoms with Crippen LogP contribution < -0.4 is 4.74 Å². The van der Waals surface area contributed by atoms with E-state index in [-0.39, 0.29) is 11.7 Å². The Morgan fingerprint density at radius 1 is 1.33 bits per heavy atom. The highest BCUT2D eigenvalue weighted by molar-refractivity contribution is 8.13. The van der Waals surface area contributed by atoms with Gasteiger partial charge in [0, 0.05) is 16.6 Å². The van der Waals surface area contributed by atoms with Crippen molar-refractivity contribution in [2.45, 2.75) is 26.2 Å². The van der Waals surface area contributed by atoms with Gasteiger partial charge < -0.3 is 4.74 Å². The number of benzene rings is 1. The average Bonchev–Trinajstić information content (AvgIpc) is 2.71. The van der Waals surface area contributed by atoms with Crippen LogP contribution in [0.3, 0.4) is 0 Å². The minimum absolute atomic E-state index is 0.0561. The van der Waals surface area contributed by atoms with Gasteiger partial charge in [-0.05, 0) is 42.5 Å². The highest BCUT2D eigenvalue weighted by atomic mass is 35.7. The predicted octanol–water partition coefficient (Wildman–Crippen LogP) is 2.76. The smallest absolute Gasteiger partial charge is 0.232 e. The average molecular weight is 289 g/mol. The fourth-order valence-corrected chi connectivity index (χ4v) is 3.69. The molecule has 0 radical (unpaired) electrons. The number of rotatable bonds is 5. The molecular weight excluding hydrogens is 272 g/mol. The molecule has 2 rings (SSSR count). The molecular formula is C13H17ClO3S. The highest BCUT2D eigenvalue weighted by Crippen LogP contribution is 2.26. The molecule has 1 aliphatic rings. The Balaban J connectivity index is 1.90. The fourth-order valence-electron chi connectivity index (χ4n) is 2.26. The summed E-state index contributed by atoms with van der Waals surface area (Å²) < 4.78 is 27.4. The molecule has 1 unspecified atom stereocenters. The Morgan fingerprint density at radius 2 is 2.06 bits per heavy atom. The summed E-state index contributed by atoms with van der Waals surface area (Å²) in [7, 11) is 1.76. The summed E-state index contributed by atoms with van der Waals surface area (Å²) in [6, 6.07) is 6.11. The summed E-state index contributed by atoms with van der Waals surface area (Å²) in [5, 5.41) is 0. The van der Waals surface area contributed by atoms with Gasteiger partial charge in [0.2, 0.25) is 9.05 Å². The van der Waals surface area contributed by atoms with Crippen molar-refractivity contribution in [1.29, 1.82) is 0 Å². The number of halogens is 1. The van der Waals surface area contributed by atoms with E-state index in [9.17, 15) is 8.42 Å². The van der Waals surface area contributed by atoms with Crippen LogP contribution in [0.2, 0.25) is 0 Å². The van der Waals surface area contributed by atoms with Gasteiger partial charge in [-0.25, -0.2) is 8.42 Å². The Kier molecular flexibility index (Phi) is 4.17. The van der Waals surface area contributed by atoms with E-state index in [1.54, 1.807) is 0 Å². The third-order valence-corrected chi connectivity index (χ3v) is 4.43. The first-order valence-corrected chi connectivity index (χ1v) is 8.59. The highest BCUT2D eigenvalue weighted by Gasteiger charge is 2.14. The van der Waals surface area contributed by atoms with Crippen LogP contribution in [-0.2, 0) is 21.9 Å². The van der Waals surface area contributed by atoms with Crippen LogP contribution >= 0.6 is 10.7 Å². The van der Waals surface area contributed by atoms with Gasteiger partial charge in [-0.1, -0.05) is 13.0 Å². The lowest BCUT2D eigenvalue weighted by molar-refractivity contribution is 0.272. The van der Waals surface area contributed by atoms with Crippen molar-refractivity contribution in [1.82, 2.24) is 0 Å². The molecule has 0 fully saturated rings. The molecule has 0 N–H and O–H groups in total. The standard InChI is InChI=1S/C13H17ClO3S/c1-10(9-18(14,15)16)8-17-13-6-5-11-3-2-4-12(11)7-13/h5-7,10H,2-4,8-9H2,1H3. The van der Waals surface area contributed by atoms with Crippen molar-refractivity contribution in [2.75, 3.05) is 12.4 Å². The molecule has 1 aliphatic carbocycles. The molecule has 5 heteroatoms. The Morgan fingerprint density at radius 3 is 2.78 bits per heavy atom. The maximum absolute atomic E-state index is 10.9. The summed E-state index contributed by atoms with van der Waals surface area (Å²) in [6.45, 7) is 2.18. The van der Waals surface area contributed by atoms with E-state index in [2.05, 4.69) is 12.1 Å². The molecule has 0 aliphatic heterocycles. The number of aryl methyl sites for hydroxylation is 2. The SMILES string of the molecule is CC(COc1ccc2c(c1)CCC2)CS(=O)(=O)Cl. The lowest BCUT2D eigenvalue weighted by Gasteiger charge is -2.12. The second-order valence-corrected chi connectivity index (χ2v) is 7.73. The molecule has 0 amide bonds. The minimum Gasteiger partial charge on any atom is -0.493 e. The van der Waals surface area contributed by atoms with E-state index in [1.165, 1.54) is 17.5 Å². The summed E-state index contributed by atoms with van der Waals surface area (Å²) in [5.41, 5.74) is 2.75. The van der Waals surface area contributed by atoms with Crippen molar-refractivity contribution in [3.05, 3.63) is 29.3 Å². The van der Waals surface area contributed by atoms with Crippen LogP contribution in [0.15, 0.2) is 18.2 Å². The van der Waals surface area contributed by atoms with E-state index < -0.39 is 9.05 Å². The number of fused-ring (bicyclic) bond motifs is 1. The molecule has 0 spiro atoms. The Labute approximate surface area is 113 Å². The number of hydrogen-bond donors (Lipinski definition) is 0. The van der Waals surface area contributed by atoms with Gasteiger partial charge in [0.05, 0.1) is 12.4 Å². The Bertz CT molecular complexity index is 525. The van der Waals surface area contributed by atoms with E-state index in [4.69, 9.17) is 15.4 Å². The van der Waals surface area contributed by atoms with Gasteiger partial charge in [-0.2, -0.15) is 0 Å². The first-order chi connectivity index (χ1) is 8.44. The molecule has 1 atom stereocenters. The van der Waals surface area contributed by atoms with Gasteiger partial charge in [0.1, 0.15) is 5.75 Å². The molecule has 0 aromatic heterocycles. The summed E-state index contributed by atoms with van der Waals surface area (Å²) in [6.07, 6.45) is 3.47. The van der Waals surface area contributed by atoms with Crippen LogP contribution in [0.4, 0.5) is 0 Å². The lowest BCUT2D eigenvalue weighted by atomic mass is 10.1. The van der Waals surface area contributed by atoms with Gasteiger partial charge in [-0.3, -0.25) is 0 Å². The third kappa shape index (κ3) is 3.89. The molecule has 18 heavy (non-hydrogen) atoms. The molecule has 3 nitrogen and oxygen atoms in total. The monoisotopic (exact) mass is 288 g/mol. The van der Waals surface area contributed by atoms with Gasteiger partial charge in [0.25, 0.3) is 0 Å². The van der Waals surface area contributed by atoms with Crippen molar-refractivity contribution in [2.24, 2.45) is 5.92 Å². The normalized spacial score (nSPS) is 16.3. The molecule has 0 saturated heterocycles. The van der Waals surface area contributed by atoms with Crippen molar-refractivity contribution in [3.63, 3.8) is 0 Å². The molecule has 1 aromatic carbocycles. The summed E-state index contributed by atoms with van der Waals surface area (Å²) in [4.78, 5) is 0. The molecule has 0 saturated carbocycles. The topological polar surface area (TPSA) is 43.4 Å². The van der Waals surface area contributed by atoms with E-state index in [0.29, 0.717) is 6.61 Å². The second-order valence-electron chi connectivity index (χ2n) is 4.91. The number of ether oxygens (including phenoxy) is 1. The first kappa shape index (κ1) is 13.7. The minimum atomic E-state index is -3.45. The van der Waals surface area contributed by atoms with Crippen LogP contribution in [0.25, 0.3) is 0 Å². The van der Waals surface area contributed by atoms with Crippen LogP contribution in [0.1, 0.15) is 24.5 Å². The molecule has 1 aromatic rings. The fraction of sp³-hybridized carbons (Fsp3) is 0.538. The number of hydrogen-bond acceptors (Lipinski definition) is 3. The van der Waals surface area contributed by atoms with Gasteiger partial charge in [-0.15, -0.1) is 0 Å². The quantitative estimate of drug-likeness (QED) is 0.783. The largest absolute Gasteiger partial charge is 0.493 e. The zero-order valence-electron chi connectivity index (χ0n) is 10.4.